The van der Waals surface area contributed by atoms with E-state index in [0.29, 0.717) is 4.99 Å². The number of hydrogen-bond acceptors (Lipinski definition) is 3. The predicted molar refractivity (Wildman–Crippen MR) is 87.0 cm³/mol. The Bertz CT molecular complexity index is 617. The minimum atomic E-state index is 0.357. The largest absolute Gasteiger partial charge is 0.389 e. The summed E-state index contributed by atoms with van der Waals surface area (Å²) in [7, 11) is 0. The van der Waals surface area contributed by atoms with Crippen LogP contribution in [0.25, 0.3) is 0 Å². The lowest BCUT2D eigenvalue weighted by atomic mass is 10.1. The average molecular weight is 336 g/mol. The van der Waals surface area contributed by atoms with Crippen LogP contribution in [-0.2, 0) is 0 Å². The molecule has 0 unspecified atom stereocenters. The Morgan fingerprint density at radius 3 is 2.53 bits per heavy atom. The van der Waals surface area contributed by atoms with Gasteiger partial charge in [0.2, 0.25) is 0 Å². The quantitative estimate of drug-likeness (QED) is 0.836. The molecule has 0 bridgehead atoms. The van der Waals surface area contributed by atoms with Crippen LogP contribution in [0.2, 0.25) is 0 Å². The predicted octanol–water partition coefficient (Wildman–Crippen LogP) is 3.84. The maximum atomic E-state index is 5.71. The summed E-state index contributed by atoms with van der Waals surface area (Å²) < 4.78 is 1.12. The van der Waals surface area contributed by atoms with E-state index in [1.807, 2.05) is 6.07 Å². The number of rotatable bonds is 3. The molecule has 0 aliphatic heterocycles. The van der Waals surface area contributed by atoms with Crippen molar-refractivity contribution in [3.05, 3.63) is 51.8 Å². The first-order valence-corrected chi connectivity index (χ1v) is 6.96. The van der Waals surface area contributed by atoms with Crippen molar-refractivity contribution in [1.82, 2.24) is 4.98 Å². The number of hydrogen-bond donors (Lipinski definition) is 2. The summed E-state index contributed by atoms with van der Waals surface area (Å²) in [4.78, 5) is 4.46. The summed E-state index contributed by atoms with van der Waals surface area (Å²) in [5, 5.41) is 3.31. The highest BCUT2D eigenvalue weighted by Gasteiger charge is 2.07. The van der Waals surface area contributed by atoms with E-state index >= 15 is 0 Å². The molecule has 1 heterocycles. The summed E-state index contributed by atoms with van der Waals surface area (Å²) in [6.07, 6.45) is 3.40. The summed E-state index contributed by atoms with van der Waals surface area (Å²) in [6, 6.07) is 5.93. The maximum Gasteiger partial charge on any atom is 0.106 e. The molecule has 1 aromatic carbocycles. The molecule has 0 spiro atoms. The van der Waals surface area contributed by atoms with Gasteiger partial charge in [0.1, 0.15) is 4.99 Å². The fourth-order valence-electron chi connectivity index (χ4n) is 1.88. The van der Waals surface area contributed by atoms with Gasteiger partial charge in [0.15, 0.2) is 0 Å². The molecule has 19 heavy (non-hydrogen) atoms. The van der Waals surface area contributed by atoms with Crippen LogP contribution >= 0.6 is 28.1 Å². The van der Waals surface area contributed by atoms with Crippen molar-refractivity contribution in [3.8, 4) is 0 Å². The number of aryl methyl sites for hydroxylation is 2. The second-order valence-electron chi connectivity index (χ2n) is 4.33. The second kappa shape index (κ2) is 5.67. The number of benzene rings is 1. The normalized spacial score (nSPS) is 10.3. The van der Waals surface area contributed by atoms with E-state index in [0.717, 1.165) is 21.4 Å². The Morgan fingerprint density at radius 2 is 1.95 bits per heavy atom. The van der Waals surface area contributed by atoms with Gasteiger partial charge >= 0.3 is 0 Å². The second-order valence-corrected chi connectivity index (χ2v) is 5.57. The van der Waals surface area contributed by atoms with E-state index in [-0.39, 0.29) is 0 Å². The average Bonchev–Trinajstić information content (AvgIpc) is 2.36. The molecule has 2 aromatic rings. The van der Waals surface area contributed by atoms with E-state index in [4.69, 9.17) is 18.0 Å². The van der Waals surface area contributed by atoms with Gasteiger partial charge in [-0.25, -0.2) is 0 Å². The van der Waals surface area contributed by atoms with Crippen LogP contribution in [0.4, 0.5) is 11.4 Å². The molecule has 5 heteroatoms. The Hall–Kier alpha value is -1.46. The van der Waals surface area contributed by atoms with Gasteiger partial charge < -0.3 is 11.1 Å². The van der Waals surface area contributed by atoms with Crippen molar-refractivity contribution < 1.29 is 0 Å². The molecule has 0 aliphatic carbocycles. The fourth-order valence-corrected chi connectivity index (χ4v) is 2.29. The van der Waals surface area contributed by atoms with Crippen LogP contribution < -0.4 is 11.1 Å². The lowest BCUT2D eigenvalue weighted by molar-refractivity contribution is 1.30. The smallest absolute Gasteiger partial charge is 0.106 e. The molecule has 0 aliphatic rings. The molecule has 3 N–H and O–H groups in total. The first kappa shape index (κ1) is 14.0. The highest BCUT2D eigenvalue weighted by Crippen LogP contribution is 2.27. The minimum absolute atomic E-state index is 0.357. The standard InChI is InChI=1S/C14H14BrN3S/c1-8-5-10(6-9(2)13(8)15)18-12-7-17-4-3-11(12)14(16)19/h3-7,18H,1-2H3,(H2,16,19). The van der Waals surface area contributed by atoms with Crippen molar-refractivity contribution in [1.29, 1.82) is 0 Å². The third-order valence-corrected chi connectivity index (χ3v) is 4.27. The van der Waals surface area contributed by atoms with Crippen molar-refractivity contribution in [2.75, 3.05) is 5.32 Å². The first-order chi connectivity index (χ1) is 8.99. The van der Waals surface area contributed by atoms with E-state index < -0.39 is 0 Å². The number of aromatic nitrogens is 1. The van der Waals surface area contributed by atoms with Crippen molar-refractivity contribution in [3.63, 3.8) is 0 Å². The molecule has 1 aromatic heterocycles. The molecule has 3 nitrogen and oxygen atoms in total. The SMILES string of the molecule is Cc1cc(Nc2cnccc2C(N)=S)cc(C)c1Br. The van der Waals surface area contributed by atoms with E-state index in [2.05, 4.69) is 52.2 Å². The summed E-state index contributed by atoms with van der Waals surface area (Å²) in [5.41, 5.74) is 10.6. The van der Waals surface area contributed by atoms with Crippen molar-refractivity contribution in [2.24, 2.45) is 5.73 Å². The molecule has 98 valence electrons. The van der Waals surface area contributed by atoms with Crippen LogP contribution in [0.3, 0.4) is 0 Å². The zero-order valence-electron chi connectivity index (χ0n) is 10.7. The van der Waals surface area contributed by atoms with Gasteiger partial charge in [-0.2, -0.15) is 0 Å². The van der Waals surface area contributed by atoms with Crippen molar-refractivity contribution in [2.45, 2.75) is 13.8 Å². The molecule has 0 atom stereocenters. The molecule has 0 fully saturated rings. The fraction of sp³-hybridized carbons (Fsp3) is 0.143. The monoisotopic (exact) mass is 335 g/mol. The summed E-state index contributed by atoms with van der Waals surface area (Å²) in [5.74, 6) is 0. The van der Waals surface area contributed by atoms with Gasteiger partial charge in [-0.3, -0.25) is 4.98 Å². The zero-order valence-corrected chi connectivity index (χ0v) is 13.1. The van der Waals surface area contributed by atoms with Crippen molar-refractivity contribution >= 4 is 44.5 Å². The number of nitrogens with one attached hydrogen (secondary N) is 1. The molecule has 0 saturated carbocycles. The molecule has 0 saturated heterocycles. The summed E-state index contributed by atoms with van der Waals surface area (Å²) in [6.45, 7) is 4.11. The molecule has 0 radical (unpaired) electrons. The van der Waals surface area contributed by atoms with Gasteiger partial charge in [0.25, 0.3) is 0 Å². The Labute approximate surface area is 126 Å². The van der Waals surface area contributed by atoms with Gasteiger partial charge in [-0.05, 0) is 43.2 Å². The van der Waals surface area contributed by atoms with Crippen LogP contribution in [-0.4, -0.2) is 9.97 Å². The lowest BCUT2D eigenvalue weighted by Crippen LogP contribution is -2.12. The molecular formula is C14H14BrN3S. The van der Waals surface area contributed by atoms with Crippen LogP contribution in [0.1, 0.15) is 16.7 Å². The molecule has 2 rings (SSSR count). The van der Waals surface area contributed by atoms with Crippen LogP contribution in [0.5, 0.6) is 0 Å². The maximum absolute atomic E-state index is 5.71. The van der Waals surface area contributed by atoms with Gasteiger partial charge in [-0.15, -0.1) is 0 Å². The zero-order chi connectivity index (χ0) is 14.0. The number of nitrogens with two attached hydrogens (primary N) is 1. The minimum Gasteiger partial charge on any atom is -0.389 e. The van der Waals surface area contributed by atoms with Gasteiger partial charge in [-0.1, -0.05) is 28.1 Å². The highest BCUT2D eigenvalue weighted by atomic mass is 79.9. The summed E-state index contributed by atoms with van der Waals surface area (Å²) >= 11 is 8.60. The molecular weight excluding hydrogens is 322 g/mol. The van der Waals surface area contributed by atoms with Crippen LogP contribution in [0.15, 0.2) is 35.1 Å². The van der Waals surface area contributed by atoms with E-state index in [1.54, 1.807) is 12.4 Å². The Kier molecular flexibility index (Phi) is 4.17. The van der Waals surface area contributed by atoms with E-state index in [9.17, 15) is 0 Å². The first-order valence-electron chi connectivity index (χ1n) is 5.76. The highest BCUT2D eigenvalue weighted by molar-refractivity contribution is 9.10. The lowest BCUT2D eigenvalue weighted by Gasteiger charge is -2.13. The molecule has 0 amide bonds. The van der Waals surface area contributed by atoms with Crippen LogP contribution in [0, 0.1) is 13.8 Å². The number of thiocarbonyl (C=S) groups is 1. The number of halogens is 1. The number of pyridine rings is 1. The Morgan fingerprint density at radius 1 is 1.32 bits per heavy atom. The van der Waals surface area contributed by atoms with E-state index in [1.165, 1.54) is 11.1 Å². The van der Waals surface area contributed by atoms with Gasteiger partial charge in [0, 0.05) is 21.9 Å². The topological polar surface area (TPSA) is 50.9 Å². The number of anilines is 2. The van der Waals surface area contributed by atoms with Gasteiger partial charge in [0.05, 0.1) is 11.9 Å². The Balaban J connectivity index is 2.39. The third-order valence-electron chi connectivity index (χ3n) is 2.80. The third kappa shape index (κ3) is 3.11. The number of nitrogens with zero attached hydrogens (tertiary/aromatic N) is 1.